The Morgan fingerprint density at radius 3 is 2.79 bits per heavy atom. The zero-order valence-electron chi connectivity index (χ0n) is 10.2. The van der Waals surface area contributed by atoms with Crippen molar-refractivity contribution in [1.82, 2.24) is 19.6 Å². The molecule has 1 aromatic carbocycles. The van der Waals surface area contributed by atoms with Crippen LogP contribution in [0.15, 0.2) is 35.1 Å². The van der Waals surface area contributed by atoms with Crippen molar-refractivity contribution in [3.8, 4) is 0 Å². The first-order valence-electron chi connectivity index (χ1n) is 5.71. The molecule has 0 bridgehead atoms. The number of hydrogen-bond acceptors (Lipinski definition) is 5. The Labute approximate surface area is 108 Å². The van der Waals surface area contributed by atoms with Gasteiger partial charge in [0, 0.05) is 17.4 Å². The summed E-state index contributed by atoms with van der Waals surface area (Å²) in [6.45, 7) is 1.75. The Morgan fingerprint density at radius 1 is 1.32 bits per heavy atom. The van der Waals surface area contributed by atoms with Gasteiger partial charge in [-0.25, -0.2) is 19.3 Å². The van der Waals surface area contributed by atoms with Crippen LogP contribution in [0, 0.1) is 6.92 Å². The molecule has 0 atom stereocenters. The monoisotopic (exact) mass is 256 g/mol. The maximum Gasteiger partial charge on any atom is 0.349 e. The highest BCUT2D eigenvalue weighted by atomic mass is 16.1. The average Bonchev–Trinajstić information content (AvgIpc) is 2.74. The molecule has 0 saturated heterocycles. The molecule has 0 amide bonds. The van der Waals surface area contributed by atoms with E-state index in [-0.39, 0.29) is 5.69 Å². The molecule has 2 aromatic heterocycles. The number of anilines is 3. The van der Waals surface area contributed by atoms with Gasteiger partial charge in [-0.1, -0.05) is 0 Å². The fourth-order valence-corrected chi connectivity index (χ4v) is 1.88. The number of aryl methyl sites for hydroxylation is 1. The Morgan fingerprint density at radius 2 is 2.05 bits per heavy atom. The van der Waals surface area contributed by atoms with Gasteiger partial charge in [0.25, 0.3) is 0 Å². The maximum absolute atomic E-state index is 11.5. The summed E-state index contributed by atoms with van der Waals surface area (Å²) in [5, 5.41) is 9.45. The van der Waals surface area contributed by atoms with Crippen molar-refractivity contribution in [2.45, 2.75) is 6.92 Å². The van der Waals surface area contributed by atoms with Gasteiger partial charge in [-0.3, -0.25) is 0 Å². The normalized spacial score (nSPS) is 10.8. The molecule has 7 nitrogen and oxygen atoms in total. The summed E-state index contributed by atoms with van der Waals surface area (Å²) < 4.78 is 1.41. The van der Waals surface area contributed by atoms with E-state index in [0.29, 0.717) is 23.0 Å². The highest BCUT2D eigenvalue weighted by molar-refractivity contribution is 5.62. The Balaban J connectivity index is 2.01. The van der Waals surface area contributed by atoms with Crippen molar-refractivity contribution in [1.29, 1.82) is 0 Å². The van der Waals surface area contributed by atoms with Crippen LogP contribution in [0.2, 0.25) is 0 Å². The van der Waals surface area contributed by atoms with Crippen molar-refractivity contribution in [2.75, 3.05) is 11.1 Å². The van der Waals surface area contributed by atoms with Gasteiger partial charge >= 0.3 is 5.69 Å². The lowest BCUT2D eigenvalue weighted by molar-refractivity contribution is 0.938. The molecule has 19 heavy (non-hydrogen) atoms. The Hall–Kier alpha value is -2.83. The summed E-state index contributed by atoms with van der Waals surface area (Å²) in [7, 11) is 0. The van der Waals surface area contributed by atoms with Crippen LogP contribution in [-0.4, -0.2) is 19.6 Å². The lowest BCUT2D eigenvalue weighted by Gasteiger charge is -2.07. The smallest absolute Gasteiger partial charge is 0.349 e. The largest absolute Gasteiger partial charge is 0.399 e. The second-order valence-corrected chi connectivity index (χ2v) is 4.16. The van der Waals surface area contributed by atoms with Gasteiger partial charge in [-0.2, -0.15) is 5.10 Å². The summed E-state index contributed by atoms with van der Waals surface area (Å²) in [6.07, 6.45) is 0. The van der Waals surface area contributed by atoms with Gasteiger partial charge in [-0.05, 0) is 31.2 Å². The van der Waals surface area contributed by atoms with Crippen LogP contribution < -0.4 is 16.7 Å². The van der Waals surface area contributed by atoms with Crippen LogP contribution in [0.3, 0.4) is 0 Å². The fraction of sp³-hybridized carbons (Fsp3) is 0.0833. The first kappa shape index (κ1) is 11.3. The molecule has 2 heterocycles. The number of benzene rings is 1. The molecule has 0 saturated carbocycles. The fourth-order valence-electron chi connectivity index (χ4n) is 1.88. The second-order valence-electron chi connectivity index (χ2n) is 4.16. The number of nitrogens with one attached hydrogen (secondary N) is 2. The number of aromatic amines is 1. The molecule has 7 heteroatoms. The minimum Gasteiger partial charge on any atom is -0.399 e. The van der Waals surface area contributed by atoms with E-state index in [1.165, 1.54) is 4.40 Å². The number of hydrogen-bond donors (Lipinski definition) is 3. The summed E-state index contributed by atoms with van der Waals surface area (Å²) in [5.74, 6) is 1.18. The number of rotatable bonds is 2. The van der Waals surface area contributed by atoms with Gasteiger partial charge in [0.1, 0.15) is 11.6 Å². The predicted octanol–water partition coefficient (Wildman–Crippen LogP) is 1.05. The van der Waals surface area contributed by atoms with Crippen LogP contribution in [0.4, 0.5) is 17.2 Å². The van der Waals surface area contributed by atoms with Crippen molar-refractivity contribution < 1.29 is 0 Å². The lowest BCUT2D eigenvalue weighted by Crippen LogP contribution is -2.13. The van der Waals surface area contributed by atoms with Crippen molar-refractivity contribution >= 4 is 22.8 Å². The number of fused-ring (bicyclic) bond motifs is 1. The van der Waals surface area contributed by atoms with Crippen molar-refractivity contribution in [3.63, 3.8) is 0 Å². The molecule has 3 aromatic rings. The van der Waals surface area contributed by atoms with Gasteiger partial charge in [0.2, 0.25) is 0 Å². The van der Waals surface area contributed by atoms with Gasteiger partial charge in [-0.15, -0.1) is 0 Å². The van der Waals surface area contributed by atoms with Crippen LogP contribution in [0.1, 0.15) is 5.82 Å². The molecule has 0 spiro atoms. The molecule has 0 unspecified atom stereocenters. The van der Waals surface area contributed by atoms with E-state index in [1.807, 2.05) is 12.1 Å². The molecule has 0 aliphatic carbocycles. The van der Waals surface area contributed by atoms with E-state index >= 15 is 0 Å². The Bertz CT molecular complexity index is 786. The number of nitrogens with two attached hydrogens (primary N) is 1. The third-order valence-electron chi connectivity index (χ3n) is 2.75. The molecular weight excluding hydrogens is 244 g/mol. The van der Waals surface area contributed by atoms with E-state index in [9.17, 15) is 4.79 Å². The molecule has 3 rings (SSSR count). The Kier molecular flexibility index (Phi) is 2.45. The van der Waals surface area contributed by atoms with Crippen LogP contribution in [0.25, 0.3) is 5.65 Å². The van der Waals surface area contributed by atoms with E-state index in [0.717, 1.165) is 5.69 Å². The van der Waals surface area contributed by atoms with E-state index in [4.69, 9.17) is 5.73 Å². The second kappa shape index (κ2) is 4.13. The summed E-state index contributed by atoms with van der Waals surface area (Å²) >= 11 is 0. The van der Waals surface area contributed by atoms with Gasteiger partial charge in [0.05, 0.1) is 0 Å². The summed E-state index contributed by atoms with van der Waals surface area (Å²) in [4.78, 5) is 15.8. The standard InChI is InChI=1S/C12H12N6O/c1-7-14-10(6-11-16-17-12(19)18(7)11)15-9-4-2-8(13)3-5-9/h2-6,15H,13H2,1H3,(H,17,19). The zero-order chi connectivity index (χ0) is 13.4. The van der Waals surface area contributed by atoms with Gasteiger partial charge in [0.15, 0.2) is 5.65 Å². The topological polar surface area (TPSA) is 101 Å². The molecule has 4 N–H and O–H groups in total. The lowest BCUT2D eigenvalue weighted by atomic mass is 10.3. The summed E-state index contributed by atoms with van der Waals surface area (Å²) in [6, 6.07) is 9.00. The number of H-pyrrole nitrogens is 1. The predicted molar refractivity (Wildman–Crippen MR) is 72.5 cm³/mol. The quantitative estimate of drug-likeness (QED) is 0.595. The number of nitrogen functional groups attached to an aromatic ring is 1. The maximum atomic E-state index is 11.5. The highest BCUT2D eigenvalue weighted by Crippen LogP contribution is 2.17. The number of nitrogens with zero attached hydrogens (tertiary/aromatic N) is 3. The zero-order valence-corrected chi connectivity index (χ0v) is 10.2. The molecular formula is C12H12N6O. The molecule has 0 radical (unpaired) electrons. The van der Waals surface area contributed by atoms with E-state index in [1.54, 1.807) is 25.1 Å². The molecule has 0 fully saturated rings. The average molecular weight is 256 g/mol. The molecule has 0 aliphatic heterocycles. The number of aromatic nitrogens is 4. The highest BCUT2D eigenvalue weighted by Gasteiger charge is 2.06. The third-order valence-corrected chi connectivity index (χ3v) is 2.75. The van der Waals surface area contributed by atoms with E-state index in [2.05, 4.69) is 20.5 Å². The van der Waals surface area contributed by atoms with Crippen LogP contribution >= 0.6 is 0 Å². The first-order valence-corrected chi connectivity index (χ1v) is 5.71. The molecule has 96 valence electrons. The first-order chi connectivity index (χ1) is 9.13. The summed E-state index contributed by atoms with van der Waals surface area (Å²) in [5.41, 5.74) is 7.42. The third kappa shape index (κ3) is 2.01. The molecule has 0 aliphatic rings. The van der Waals surface area contributed by atoms with Crippen molar-refractivity contribution in [2.24, 2.45) is 0 Å². The van der Waals surface area contributed by atoms with Gasteiger partial charge < -0.3 is 11.1 Å². The van der Waals surface area contributed by atoms with Crippen molar-refractivity contribution in [3.05, 3.63) is 46.6 Å². The minimum absolute atomic E-state index is 0.293. The SMILES string of the molecule is Cc1nc(Nc2ccc(N)cc2)cc2n[nH]c(=O)n12. The van der Waals surface area contributed by atoms with Crippen LogP contribution in [0.5, 0.6) is 0 Å². The van der Waals surface area contributed by atoms with E-state index < -0.39 is 0 Å². The van der Waals surface area contributed by atoms with Crippen LogP contribution in [-0.2, 0) is 0 Å². The minimum atomic E-state index is -0.293.